The number of rotatable bonds is 3. The van der Waals surface area contributed by atoms with Gasteiger partial charge in [-0.25, -0.2) is 4.98 Å². The lowest BCUT2D eigenvalue weighted by Gasteiger charge is -2.35. The molecule has 106 valence electrons. The van der Waals surface area contributed by atoms with Gasteiger partial charge in [-0.1, -0.05) is 37.3 Å². The molecular weight excluding hydrogens is 264 g/mol. The van der Waals surface area contributed by atoms with E-state index in [0.29, 0.717) is 0 Å². The molecule has 1 aromatic carbocycles. The number of aromatic nitrogens is 1. The van der Waals surface area contributed by atoms with E-state index >= 15 is 0 Å². The van der Waals surface area contributed by atoms with Gasteiger partial charge in [-0.05, 0) is 31.6 Å². The van der Waals surface area contributed by atoms with Gasteiger partial charge in [0.1, 0.15) is 0 Å². The first-order valence-electron chi connectivity index (χ1n) is 7.43. The predicted molar refractivity (Wildman–Crippen MR) is 85.8 cm³/mol. The minimum Gasteiger partial charge on any atom is -0.325 e. The monoisotopic (exact) mass is 286 g/mol. The first-order valence-corrected chi connectivity index (χ1v) is 8.31. The molecular formula is C17H22N2S. The van der Waals surface area contributed by atoms with E-state index in [-0.39, 0.29) is 5.54 Å². The zero-order valence-corrected chi connectivity index (χ0v) is 12.8. The molecule has 0 aliphatic heterocycles. The molecule has 2 N–H and O–H groups in total. The Labute approximate surface area is 125 Å². The average molecular weight is 286 g/mol. The molecule has 0 saturated heterocycles. The zero-order valence-electron chi connectivity index (χ0n) is 12.0. The van der Waals surface area contributed by atoms with Crippen molar-refractivity contribution in [3.8, 4) is 11.3 Å². The number of hydrogen-bond acceptors (Lipinski definition) is 3. The molecule has 0 radical (unpaired) electrons. The lowest BCUT2D eigenvalue weighted by molar-refractivity contribution is 0.243. The third-order valence-electron chi connectivity index (χ3n) is 4.39. The van der Waals surface area contributed by atoms with E-state index in [1.807, 2.05) is 6.07 Å². The van der Waals surface area contributed by atoms with E-state index in [4.69, 9.17) is 10.7 Å². The van der Waals surface area contributed by atoms with Gasteiger partial charge in [0.05, 0.1) is 10.7 Å². The van der Waals surface area contributed by atoms with Crippen LogP contribution in [-0.2, 0) is 6.42 Å². The Morgan fingerprint density at radius 2 is 1.95 bits per heavy atom. The number of thiazole rings is 1. The zero-order chi connectivity index (χ0) is 14.0. The molecule has 2 aromatic rings. The van der Waals surface area contributed by atoms with Gasteiger partial charge < -0.3 is 5.73 Å². The molecule has 2 nitrogen and oxygen atoms in total. The SMILES string of the molecule is CC1CCC(N)(Cc2nc(-c3ccccc3)cs2)CC1. The van der Waals surface area contributed by atoms with E-state index in [1.54, 1.807) is 11.3 Å². The lowest BCUT2D eigenvalue weighted by atomic mass is 9.76. The fraction of sp³-hybridized carbons (Fsp3) is 0.471. The van der Waals surface area contributed by atoms with Crippen molar-refractivity contribution in [2.75, 3.05) is 0 Å². The van der Waals surface area contributed by atoms with Crippen LogP contribution in [-0.4, -0.2) is 10.5 Å². The van der Waals surface area contributed by atoms with E-state index in [2.05, 4.69) is 36.6 Å². The molecule has 1 aliphatic rings. The molecule has 0 atom stereocenters. The van der Waals surface area contributed by atoms with Crippen LogP contribution in [0, 0.1) is 5.92 Å². The van der Waals surface area contributed by atoms with Crippen LogP contribution in [0.4, 0.5) is 0 Å². The molecule has 0 unspecified atom stereocenters. The minimum absolute atomic E-state index is 0.0294. The highest BCUT2D eigenvalue weighted by Crippen LogP contribution is 2.33. The molecule has 20 heavy (non-hydrogen) atoms. The van der Waals surface area contributed by atoms with Crippen molar-refractivity contribution in [3.05, 3.63) is 40.7 Å². The number of nitrogens with two attached hydrogens (primary N) is 1. The summed E-state index contributed by atoms with van der Waals surface area (Å²) in [6.07, 6.45) is 5.71. The molecule has 0 spiro atoms. The van der Waals surface area contributed by atoms with Crippen molar-refractivity contribution in [3.63, 3.8) is 0 Å². The summed E-state index contributed by atoms with van der Waals surface area (Å²) in [7, 11) is 0. The second kappa shape index (κ2) is 5.66. The summed E-state index contributed by atoms with van der Waals surface area (Å²) in [6, 6.07) is 10.4. The van der Waals surface area contributed by atoms with Gasteiger partial charge >= 0.3 is 0 Å². The predicted octanol–water partition coefficient (Wildman–Crippen LogP) is 4.26. The largest absolute Gasteiger partial charge is 0.325 e. The maximum absolute atomic E-state index is 6.57. The number of hydrogen-bond donors (Lipinski definition) is 1. The third kappa shape index (κ3) is 3.10. The van der Waals surface area contributed by atoms with Gasteiger partial charge in [0.25, 0.3) is 0 Å². The maximum atomic E-state index is 6.57. The van der Waals surface area contributed by atoms with Crippen LogP contribution in [0.3, 0.4) is 0 Å². The smallest absolute Gasteiger partial charge is 0.0950 e. The van der Waals surface area contributed by atoms with Crippen LogP contribution in [0.1, 0.15) is 37.6 Å². The molecule has 1 saturated carbocycles. The maximum Gasteiger partial charge on any atom is 0.0950 e. The second-order valence-corrected chi connectivity index (χ2v) is 7.16. The molecule has 1 aliphatic carbocycles. The summed E-state index contributed by atoms with van der Waals surface area (Å²) < 4.78 is 0. The first kappa shape index (κ1) is 13.8. The van der Waals surface area contributed by atoms with Gasteiger partial charge in [-0.15, -0.1) is 11.3 Å². The van der Waals surface area contributed by atoms with Crippen LogP contribution < -0.4 is 5.73 Å². The first-order chi connectivity index (χ1) is 9.65. The molecule has 0 bridgehead atoms. The van der Waals surface area contributed by atoms with Crippen LogP contribution >= 0.6 is 11.3 Å². The summed E-state index contributed by atoms with van der Waals surface area (Å²) in [6.45, 7) is 2.33. The molecule has 3 rings (SSSR count). The summed E-state index contributed by atoms with van der Waals surface area (Å²) in [4.78, 5) is 4.78. The second-order valence-electron chi connectivity index (χ2n) is 6.21. The Bertz CT molecular complexity index is 553. The summed E-state index contributed by atoms with van der Waals surface area (Å²) in [5.74, 6) is 0.836. The van der Waals surface area contributed by atoms with E-state index in [9.17, 15) is 0 Å². The summed E-state index contributed by atoms with van der Waals surface area (Å²) >= 11 is 1.75. The molecule has 0 amide bonds. The van der Waals surface area contributed by atoms with Crippen LogP contribution in [0.25, 0.3) is 11.3 Å². The van der Waals surface area contributed by atoms with Gasteiger partial charge in [0.15, 0.2) is 0 Å². The average Bonchev–Trinajstić information content (AvgIpc) is 2.92. The Morgan fingerprint density at radius 3 is 2.65 bits per heavy atom. The van der Waals surface area contributed by atoms with Crippen molar-refractivity contribution >= 4 is 11.3 Å². The van der Waals surface area contributed by atoms with Crippen molar-refractivity contribution in [2.45, 2.75) is 44.6 Å². The van der Waals surface area contributed by atoms with E-state index in [1.165, 1.54) is 23.4 Å². The minimum atomic E-state index is -0.0294. The fourth-order valence-corrected chi connectivity index (χ4v) is 3.91. The molecule has 1 fully saturated rings. The van der Waals surface area contributed by atoms with Crippen LogP contribution in [0.2, 0.25) is 0 Å². The van der Waals surface area contributed by atoms with Crippen LogP contribution in [0.15, 0.2) is 35.7 Å². The fourth-order valence-electron chi connectivity index (χ4n) is 2.95. The summed E-state index contributed by atoms with van der Waals surface area (Å²) in [5, 5.41) is 3.33. The van der Waals surface area contributed by atoms with E-state index in [0.717, 1.165) is 30.9 Å². The van der Waals surface area contributed by atoms with Crippen molar-refractivity contribution in [1.82, 2.24) is 4.98 Å². The van der Waals surface area contributed by atoms with Crippen molar-refractivity contribution < 1.29 is 0 Å². The molecule has 3 heteroatoms. The van der Waals surface area contributed by atoms with Crippen molar-refractivity contribution in [2.24, 2.45) is 11.7 Å². The highest BCUT2D eigenvalue weighted by molar-refractivity contribution is 7.09. The molecule has 1 heterocycles. The Hall–Kier alpha value is -1.19. The third-order valence-corrected chi connectivity index (χ3v) is 5.24. The highest BCUT2D eigenvalue weighted by atomic mass is 32.1. The Morgan fingerprint density at radius 1 is 1.25 bits per heavy atom. The number of benzene rings is 1. The molecule has 1 aromatic heterocycles. The number of nitrogens with zero attached hydrogens (tertiary/aromatic N) is 1. The van der Waals surface area contributed by atoms with Gasteiger partial charge in [-0.2, -0.15) is 0 Å². The normalized spacial score (nSPS) is 26.6. The lowest BCUT2D eigenvalue weighted by Crippen LogP contribution is -2.45. The standard InChI is InChI=1S/C17H22N2S/c1-13-7-9-17(18,10-8-13)11-16-19-15(12-20-16)14-5-3-2-4-6-14/h2-6,12-13H,7-11,18H2,1H3. The van der Waals surface area contributed by atoms with Gasteiger partial charge in [-0.3, -0.25) is 0 Å². The Balaban J connectivity index is 1.71. The highest BCUT2D eigenvalue weighted by Gasteiger charge is 2.31. The van der Waals surface area contributed by atoms with Gasteiger partial charge in [0.2, 0.25) is 0 Å². The van der Waals surface area contributed by atoms with Gasteiger partial charge in [0, 0.05) is 22.9 Å². The van der Waals surface area contributed by atoms with E-state index < -0.39 is 0 Å². The Kier molecular flexibility index (Phi) is 3.90. The van der Waals surface area contributed by atoms with Crippen LogP contribution in [0.5, 0.6) is 0 Å². The quantitative estimate of drug-likeness (QED) is 0.915. The van der Waals surface area contributed by atoms with Crippen molar-refractivity contribution in [1.29, 1.82) is 0 Å². The topological polar surface area (TPSA) is 38.9 Å². The summed E-state index contributed by atoms with van der Waals surface area (Å²) in [5.41, 5.74) is 8.81.